The Hall–Kier alpha value is -2.69. The van der Waals surface area contributed by atoms with Crippen LogP contribution in [0.2, 0.25) is 0 Å². The number of rotatable bonds is 5. The van der Waals surface area contributed by atoms with Crippen LogP contribution >= 0.6 is 0 Å². The van der Waals surface area contributed by atoms with Crippen LogP contribution in [-0.4, -0.2) is 26.3 Å². The van der Waals surface area contributed by atoms with Crippen LogP contribution in [0.4, 0.5) is 0 Å². The number of hydrogen-bond acceptors (Lipinski definition) is 5. The summed E-state index contributed by atoms with van der Waals surface area (Å²) in [7, 11) is 3.16. The first-order valence-electron chi connectivity index (χ1n) is 7.77. The van der Waals surface area contributed by atoms with Gasteiger partial charge in [0.2, 0.25) is 6.10 Å². The van der Waals surface area contributed by atoms with E-state index in [4.69, 9.17) is 18.9 Å². The minimum absolute atomic E-state index is 0.0408. The van der Waals surface area contributed by atoms with E-state index in [0.29, 0.717) is 11.5 Å². The molecule has 0 amide bonds. The van der Waals surface area contributed by atoms with Crippen molar-refractivity contribution in [2.75, 3.05) is 14.2 Å². The number of fused-ring (bicyclic) bond motifs is 1. The third-order valence-corrected chi connectivity index (χ3v) is 4.21. The molecular weight excluding hydrogens is 308 g/mol. The summed E-state index contributed by atoms with van der Waals surface area (Å²) >= 11 is 0. The van der Waals surface area contributed by atoms with Crippen LogP contribution in [-0.2, 0) is 16.1 Å². The Morgan fingerprint density at radius 2 is 1.92 bits per heavy atom. The number of benzene rings is 2. The van der Waals surface area contributed by atoms with Crippen LogP contribution in [0, 0.1) is 0 Å². The smallest absolute Gasteiger partial charge is 0.348 e. The molecule has 0 saturated heterocycles. The van der Waals surface area contributed by atoms with E-state index >= 15 is 0 Å². The molecule has 1 heterocycles. The number of methoxy groups -OCH3 is 2. The topological polar surface area (TPSA) is 54.0 Å². The third-order valence-electron chi connectivity index (χ3n) is 4.21. The molecule has 5 heteroatoms. The second-order valence-electron chi connectivity index (χ2n) is 5.65. The summed E-state index contributed by atoms with van der Waals surface area (Å²) in [4.78, 5) is 12.4. The summed E-state index contributed by atoms with van der Waals surface area (Å²) in [6.45, 7) is 2.06. The summed E-state index contributed by atoms with van der Waals surface area (Å²) in [5, 5.41) is 0. The van der Waals surface area contributed by atoms with Gasteiger partial charge in [-0.15, -0.1) is 0 Å². The molecular formula is C19H20O5. The molecule has 1 aliphatic heterocycles. The molecule has 0 N–H and O–H groups in total. The molecule has 0 saturated carbocycles. The first-order chi connectivity index (χ1) is 11.6. The van der Waals surface area contributed by atoms with Crippen LogP contribution in [0.15, 0.2) is 42.5 Å². The highest BCUT2D eigenvalue weighted by atomic mass is 16.6. The van der Waals surface area contributed by atoms with Gasteiger partial charge in [0.1, 0.15) is 23.9 Å². The molecule has 0 bridgehead atoms. The lowest BCUT2D eigenvalue weighted by Gasteiger charge is -2.16. The lowest BCUT2D eigenvalue weighted by Crippen LogP contribution is -2.29. The predicted octanol–water partition coefficient (Wildman–Crippen LogP) is 3.31. The van der Waals surface area contributed by atoms with Crippen LogP contribution in [0.3, 0.4) is 0 Å². The largest absolute Gasteiger partial charge is 0.497 e. The van der Waals surface area contributed by atoms with Gasteiger partial charge in [-0.05, 0) is 24.3 Å². The van der Waals surface area contributed by atoms with Crippen LogP contribution in [0.25, 0.3) is 0 Å². The van der Waals surface area contributed by atoms with Gasteiger partial charge in [-0.2, -0.15) is 0 Å². The van der Waals surface area contributed by atoms with Crippen LogP contribution in [0.5, 0.6) is 17.2 Å². The van der Waals surface area contributed by atoms with Gasteiger partial charge in [-0.3, -0.25) is 0 Å². The maximum atomic E-state index is 12.4. The molecule has 3 rings (SSSR count). The van der Waals surface area contributed by atoms with Crippen molar-refractivity contribution < 1.29 is 23.7 Å². The Morgan fingerprint density at radius 1 is 1.12 bits per heavy atom. The maximum absolute atomic E-state index is 12.4. The molecule has 2 aromatic carbocycles. The number of para-hydroxylation sites is 1. The molecule has 0 spiro atoms. The Morgan fingerprint density at radius 3 is 2.62 bits per heavy atom. The highest BCUT2D eigenvalue weighted by Gasteiger charge is 2.37. The lowest BCUT2D eigenvalue weighted by atomic mass is 9.98. The van der Waals surface area contributed by atoms with Gasteiger partial charge in [0.15, 0.2) is 0 Å². The van der Waals surface area contributed by atoms with Gasteiger partial charge in [0, 0.05) is 17.0 Å². The van der Waals surface area contributed by atoms with Gasteiger partial charge >= 0.3 is 5.97 Å². The van der Waals surface area contributed by atoms with E-state index in [1.54, 1.807) is 32.4 Å². The van der Waals surface area contributed by atoms with E-state index in [-0.39, 0.29) is 18.5 Å². The molecule has 0 aliphatic carbocycles. The first kappa shape index (κ1) is 16.2. The zero-order valence-corrected chi connectivity index (χ0v) is 13.9. The van der Waals surface area contributed by atoms with E-state index in [1.807, 2.05) is 31.2 Å². The fourth-order valence-electron chi connectivity index (χ4n) is 2.84. The van der Waals surface area contributed by atoms with Crippen molar-refractivity contribution in [1.29, 1.82) is 0 Å². The number of carbonyl (C=O) groups is 1. The minimum atomic E-state index is -0.626. The summed E-state index contributed by atoms with van der Waals surface area (Å²) in [5.41, 5.74) is 1.77. The monoisotopic (exact) mass is 328 g/mol. The second-order valence-corrected chi connectivity index (χ2v) is 5.65. The number of esters is 1. The van der Waals surface area contributed by atoms with Crippen molar-refractivity contribution in [1.82, 2.24) is 0 Å². The zero-order valence-electron chi connectivity index (χ0n) is 13.9. The van der Waals surface area contributed by atoms with Crippen LogP contribution < -0.4 is 14.2 Å². The summed E-state index contributed by atoms with van der Waals surface area (Å²) in [6, 6.07) is 13.0. The third kappa shape index (κ3) is 3.02. The summed E-state index contributed by atoms with van der Waals surface area (Å²) < 4.78 is 21.7. The van der Waals surface area contributed by atoms with Gasteiger partial charge in [0.25, 0.3) is 0 Å². The molecule has 0 aromatic heterocycles. The molecule has 2 aromatic rings. The fourth-order valence-corrected chi connectivity index (χ4v) is 2.84. The lowest BCUT2D eigenvalue weighted by molar-refractivity contribution is -0.153. The molecule has 1 aliphatic rings. The van der Waals surface area contributed by atoms with E-state index in [0.717, 1.165) is 16.9 Å². The minimum Gasteiger partial charge on any atom is -0.497 e. The fraction of sp³-hybridized carbons (Fsp3) is 0.316. The molecule has 0 fully saturated rings. The average molecular weight is 328 g/mol. The van der Waals surface area contributed by atoms with E-state index in [9.17, 15) is 4.79 Å². The Bertz CT molecular complexity index is 740. The summed E-state index contributed by atoms with van der Waals surface area (Å²) in [5.74, 6) is 1.64. The highest BCUT2D eigenvalue weighted by molar-refractivity contribution is 5.78. The maximum Gasteiger partial charge on any atom is 0.348 e. The molecule has 0 radical (unpaired) electrons. The number of ether oxygens (including phenoxy) is 4. The van der Waals surface area contributed by atoms with Crippen molar-refractivity contribution >= 4 is 5.97 Å². The van der Waals surface area contributed by atoms with Gasteiger partial charge in [0.05, 0.1) is 14.2 Å². The van der Waals surface area contributed by atoms with Gasteiger partial charge < -0.3 is 18.9 Å². The Labute approximate surface area is 141 Å². The van der Waals surface area contributed by atoms with Gasteiger partial charge in [-0.25, -0.2) is 4.79 Å². The van der Waals surface area contributed by atoms with Crippen LogP contribution in [0.1, 0.15) is 24.0 Å². The predicted molar refractivity (Wildman–Crippen MR) is 88.6 cm³/mol. The zero-order chi connectivity index (χ0) is 17.1. The molecule has 2 atom stereocenters. The van der Waals surface area contributed by atoms with E-state index in [1.165, 1.54) is 0 Å². The van der Waals surface area contributed by atoms with Crippen molar-refractivity contribution in [3.63, 3.8) is 0 Å². The number of hydrogen-bond donors (Lipinski definition) is 0. The normalized spacial score (nSPS) is 18.5. The Balaban J connectivity index is 1.69. The van der Waals surface area contributed by atoms with Crippen molar-refractivity contribution in [2.24, 2.45) is 0 Å². The van der Waals surface area contributed by atoms with E-state index < -0.39 is 6.10 Å². The van der Waals surface area contributed by atoms with E-state index in [2.05, 4.69) is 0 Å². The highest BCUT2D eigenvalue weighted by Crippen LogP contribution is 2.38. The Kier molecular flexibility index (Phi) is 4.60. The number of carbonyl (C=O) groups excluding carboxylic acids is 1. The standard InChI is InChI=1S/C19H20O5/c1-12-15-6-4-5-7-17(15)24-18(12)19(20)23-11-13-10-14(21-2)8-9-16(13)22-3/h4-10,12,18H,11H2,1-3H3. The average Bonchev–Trinajstić information content (AvgIpc) is 2.96. The quantitative estimate of drug-likeness (QED) is 0.788. The summed E-state index contributed by atoms with van der Waals surface area (Å²) in [6.07, 6.45) is -0.626. The van der Waals surface area contributed by atoms with Crippen molar-refractivity contribution in [3.8, 4) is 17.2 Å². The second kappa shape index (κ2) is 6.83. The van der Waals surface area contributed by atoms with Gasteiger partial charge in [-0.1, -0.05) is 25.1 Å². The molecule has 5 nitrogen and oxygen atoms in total. The van der Waals surface area contributed by atoms with Crippen molar-refractivity contribution in [2.45, 2.75) is 25.6 Å². The first-order valence-corrected chi connectivity index (χ1v) is 7.77. The molecule has 126 valence electrons. The SMILES string of the molecule is COc1ccc(OC)c(COC(=O)C2Oc3ccccc3C2C)c1. The molecule has 24 heavy (non-hydrogen) atoms. The molecule has 2 unspecified atom stereocenters. The van der Waals surface area contributed by atoms with Crippen molar-refractivity contribution in [3.05, 3.63) is 53.6 Å².